The molecule has 0 unspecified atom stereocenters. The van der Waals surface area contributed by atoms with Gasteiger partial charge in [-0.25, -0.2) is 25.9 Å². The summed E-state index contributed by atoms with van der Waals surface area (Å²) < 4.78 is 47.9. The largest absolute Gasteiger partial charge is 0.329 e. The molecular weight excluding hydrogens is 242 g/mol. The van der Waals surface area contributed by atoms with Gasteiger partial charge in [-0.05, 0) is 0 Å². The lowest BCUT2D eigenvalue weighted by Crippen LogP contribution is -2.36. The van der Waals surface area contributed by atoms with Crippen molar-refractivity contribution >= 4 is 20.0 Å². The van der Waals surface area contributed by atoms with E-state index in [4.69, 9.17) is 5.73 Å². The van der Waals surface area contributed by atoms with Crippen LogP contribution in [0.15, 0.2) is 0 Å². The van der Waals surface area contributed by atoms with Crippen molar-refractivity contribution < 1.29 is 16.8 Å². The maximum atomic E-state index is 11.2. The van der Waals surface area contributed by atoms with Gasteiger partial charge in [0.15, 0.2) is 0 Å². The van der Waals surface area contributed by atoms with Gasteiger partial charge < -0.3 is 5.73 Å². The Morgan fingerprint density at radius 3 is 2.07 bits per heavy atom. The van der Waals surface area contributed by atoms with Crippen LogP contribution in [0.1, 0.15) is 0 Å². The van der Waals surface area contributed by atoms with Crippen molar-refractivity contribution in [2.75, 3.05) is 38.7 Å². The van der Waals surface area contributed by atoms with Crippen LogP contribution >= 0.6 is 0 Å². The number of nitrogens with two attached hydrogens (primary N) is 1. The molecule has 0 rings (SSSR count). The Kier molecular flexibility index (Phi) is 5.67. The predicted octanol–water partition coefficient (Wildman–Crippen LogP) is -2.24. The Bertz CT molecular complexity index is 373. The Morgan fingerprint density at radius 1 is 1.13 bits per heavy atom. The van der Waals surface area contributed by atoms with Crippen molar-refractivity contribution in [3.8, 4) is 0 Å². The Labute approximate surface area is 90.7 Å². The number of nitrogens with one attached hydrogen (secondary N) is 1. The van der Waals surface area contributed by atoms with Gasteiger partial charge in [-0.15, -0.1) is 0 Å². The third-order valence-electron chi connectivity index (χ3n) is 1.62. The highest BCUT2D eigenvalue weighted by Gasteiger charge is 2.15. The van der Waals surface area contributed by atoms with E-state index in [0.717, 1.165) is 4.31 Å². The average Bonchev–Trinajstić information content (AvgIpc) is 2.02. The van der Waals surface area contributed by atoms with Crippen LogP contribution in [0.2, 0.25) is 0 Å². The zero-order chi connectivity index (χ0) is 12.1. The third kappa shape index (κ3) is 6.05. The molecule has 0 radical (unpaired) electrons. The highest BCUT2D eigenvalue weighted by atomic mass is 32.2. The quantitative estimate of drug-likeness (QED) is 0.537. The second-order valence-electron chi connectivity index (χ2n) is 3.10. The molecule has 15 heavy (non-hydrogen) atoms. The van der Waals surface area contributed by atoms with E-state index in [9.17, 15) is 16.8 Å². The molecule has 7 nitrogen and oxygen atoms in total. The van der Waals surface area contributed by atoms with E-state index < -0.39 is 20.0 Å². The summed E-state index contributed by atoms with van der Waals surface area (Å²) in [5.41, 5.74) is 5.07. The second kappa shape index (κ2) is 5.75. The van der Waals surface area contributed by atoms with Crippen molar-refractivity contribution in [3.63, 3.8) is 0 Å². The van der Waals surface area contributed by atoms with Crippen LogP contribution in [-0.4, -0.2) is 59.8 Å². The highest BCUT2D eigenvalue weighted by molar-refractivity contribution is 7.90. The van der Waals surface area contributed by atoms with Gasteiger partial charge >= 0.3 is 0 Å². The smallest absolute Gasteiger partial charge is 0.214 e. The van der Waals surface area contributed by atoms with Crippen LogP contribution in [0, 0.1) is 0 Å². The molecule has 92 valence electrons. The van der Waals surface area contributed by atoms with E-state index in [1.807, 2.05) is 0 Å². The van der Waals surface area contributed by atoms with Gasteiger partial charge in [0.1, 0.15) is 0 Å². The SMILES string of the molecule is CN(C)S(=O)(=O)CCNS(=O)(=O)CCN. The maximum Gasteiger partial charge on any atom is 0.214 e. The molecule has 0 aliphatic heterocycles. The lowest BCUT2D eigenvalue weighted by molar-refractivity contribution is 0.519. The fourth-order valence-corrected chi connectivity index (χ4v) is 2.46. The molecular formula is C6H17N3O4S2. The molecule has 0 spiro atoms. The summed E-state index contributed by atoms with van der Waals surface area (Å²) in [6, 6.07) is 0. The minimum absolute atomic E-state index is 0.00969. The average molecular weight is 259 g/mol. The van der Waals surface area contributed by atoms with Crippen molar-refractivity contribution in [1.82, 2.24) is 9.03 Å². The molecule has 9 heteroatoms. The Balaban J connectivity index is 4.12. The Hall–Kier alpha value is -0.220. The molecule has 0 heterocycles. The second-order valence-corrected chi connectivity index (χ2v) is 7.33. The molecule has 0 aromatic rings. The van der Waals surface area contributed by atoms with Gasteiger partial charge in [-0.3, -0.25) is 0 Å². The van der Waals surface area contributed by atoms with Crippen LogP contribution in [0.3, 0.4) is 0 Å². The van der Waals surface area contributed by atoms with Gasteiger partial charge in [0, 0.05) is 27.2 Å². The van der Waals surface area contributed by atoms with Gasteiger partial charge in [0.25, 0.3) is 0 Å². The van der Waals surface area contributed by atoms with E-state index in [2.05, 4.69) is 4.72 Å². The van der Waals surface area contributed by atoms with Crippen molar-refractivity contribution in [3.05, 3.63) is 0 Å². The first-order valence-corrected chi connectivity index (χ1v) is 7.55. The fraction of sp³-hybridized carbons (Fsp3) is 1.00. The van der Waals surface area contributed by atoms with Crippen molar-refractivity contribution in [2.24, 2.45) is 5.73 Å². The molecule has 0 aliphatic carbocycles. The van der Waals surface area contributed by atoms with E-state index in [-0.39, 0.29) is 24.6 Å². The first-order chi connectivity index (χ1) is 6.71. The van der Waals surface area contributed by atoms with Crippen LogP contribution in [-0.2, 0) is 20.0 Å². The summed E-state index contributed by atoms with van der Waals surface area (Å²) in [5, 5.41) is 0. The number of sulfonamides is 2. The van der Waals surface area contributed by atoms with E-state index >= 15 is 0 Å². The maximum absolute atomic E-state index is 11.2. The monoisotopic (exact) mass is 259 g/mol. The number of hydrogen-bond donors (Lipinski definition) is 2. The molecule has 0 aliphatic rings. The first-order valence-electron chi connectivity index (χ1n) is 4.29. The number of hydrogen-bond acceptors (Lipinski definition) is 5. The van der Waals surface area contributed by atoms with E-state index in [1.165, 1.54) is 14.1 Å². The first kappa shape index (κ1) is 14.8. The fourth-order valence-electron chi connectivity index (χ4n) is 0.736. The molecule has 3 N–H and O–H groups in total. The predicted molar refractivity (Wildman–Crippen MR) is 58.3 cm³/mol. The van der Waals surface area contributed by atoms with E-state index in [0.29, 0.717) is 0 Å². The molecule has 0 fully saturated rings. The molecule has 0 aromatic heterocycles. The van der Waals surface area contributed by atoms with Crippen LogP contribution in [0.5, 0.6) is 0 Å². The zero-order valence-corrected chi connectivity index (χ0v) is 10.4. The lowest BCUT2D eigenvalue weighted by atomic mass is 10.8. The summed E-state index contributed by atoms with van der Waals surface area (Å²) in [4.78, 5) is 0. The minimum Gasteiger partial charge on any atom is -0.329 e. The summed E-state index contributed by atoms with van der Waals surface area (Å²) in [5.74, 6) is -0.460. The molecule has 0 atom stereocenters. The Morgan fingerprint density at radius 2 is 1.67 bits per heavy atom. The van der Waals surface area contributed by atoms with Gasteiger partial charge in [0.2, 0.25) is 20.0 Å². The standard InChI is InChI=1S/C6H17N3O4S2/c1-9(2)15(12,13)6-4-8-14(10,11)5-3-7/h8H,3-7H2,1-2H3. The van der Waals surface area contributed by atoms with Gasteiger partial charge in [-0.1, -0.05) is 0 Å². The number of nitrogens with zero attached hydrogens (tertiary/aromatic N) is 1. The molecule has 0 saturated carbocycles. The number of rotatable bonds is 7. The van der Waals surface area contributed by atoms with E-state index in [1.54, 1.807) is 0 Å². The summed E-state index contributed by atoms with van der Waals surface area (Å²) in [6.45, 7) is -0.126. The normalized spacial score (nSPS) is 13.3. The lowest BCUT2D eigenvalue weighted by Gasteiger charge is -2.11. The third-order valence-corrected chi connectivity index (χ3v) is 4.87. The minimum atomic E-state index is -3.44. The van der Waals surface area contributed by atoms with Crippen molar-refractivity contribution in [2.45, 2.75) is 0 Å². The highest BCUT2D eigenvalue weighted by Crippen LogP contribution is 1.93. The zero-order valence-electron chi connectivity index (χ0n) is 8.80. The van der Waals surface area contributed by atoms with Gasteiger partial charge in [-0.2, -0.15) is 0 Å². The molecule has 0 aromatic carbocycles. The molecule has 0 saturated heterocycles. The molecule has 0 amide bonds. The van der Waals surface area contributed by atoms with Crippen molar-refractivity contribution in [1.29, 1.82) is 0 Å². The van der Waals surface area contributed by atoms with Crippen LogP contribution < -0.4 is 10.5 Å². The molecule has 0 bridgehead atoms. The topological polar surface area (TPSA) is 110 Å². The van der Waals surface area contributed by atoms with Crippen LogP contribution in [0.4, 0.5) is 0 Å². The summed E-state index contributed by atoms with van der Waals surface area (Å²) in [6.07, 6.45) is 0. The van der Waals surface area contributed by atoms with Gasteiger partial charge in [0.05, 0.1) is 11.5 Å². The summed E-state index contributed by atoms with van der Waals surface area (Å²) >= 11 is 0. The van der Waals surface area contributed by atoms with Crippen LogP contribution in [0.25, 0.3) is 0 Å². The summed E-state index contributed by atoms with van der Waals surface area (Å²) in [7, 11) is -4.01.